The molecule has 126 valence electrons. The summed E-state index contributed by atoms with van der Waals surface area (Å²) in [6, 6.07) is 7.23. The molecule has 2 atom stereocenters. The highest BCUT2D eigenvalue weighted by Gasteiger charge is 2.45. The molecule has 0 aliphatic rings. The fourth-order valence-electron chi connectivity index (χ4n) is 2.29. The fraction of sp³-hybridized carbons (Fsp3) is 0.500. The molecule has 3 heteroatoms. The van der Waals surface area contributed by atoms with Crippen LogP contribution in [0.25, 0.3) is 0 Å². The summed E-state index contributed by atoms with van der Waals surface area (Å²) < 4.78 is 6.58. The molecule has 0 saturated carbocycles. The van der Waals surface area contributed by atoms with Gasteiger partial charge >= 0.3 is 0 Å². The first-order valence-corrected chi connectivity index (χ1v) is 11.0. The number of phenols is 1. The lowest BCUT2D eigenvalue weighted by Crippen LogP contribution is -2.51. The van der Waals surface area contributed by atoms with E-state index in [1.165, 1.54) is 0 Å². The van der Waals surface area contributed by atoms with Crippen LogP contribution in [-0.4, -0.2) is 19.0 Å². The van der Waals surface area contributed by atoms with Crippen LogP contribution in [0.3, 0.4) is 0 Å². The summed E-state index contributed by atoms with van der Waals surface area (Å²) >= 11 is 0. The molecule has 2 unspecified atom stereocenters. The maximum atomic E-state index is 9.42. The third-order valence-electron chi connectivity index (χ3n) is 4.97. The van der Waals surface area contributed by atoms with E-state index < -0.39 is 13.9 Å². The summed E-state index contributed by atoms with van der Waals surface area (Å²) in [5, 5.41) is 9.50. The van der Waals surface area contributed by atoms with Crippen LogP contribution in [0, 0.1) is 18.3 Å². The summed E-state index contributed by atoms with van der Waals surface area (Å²) in [5.41, 5.74) is 0.344. The predicted octanol–water partition coefficient (Wildman–Crippen LogP) is 5.15. The Balaban J connectivity index is 3.06. The van der Waals surface area contributed by atoms with Crippen LogP contribution in [0.2, 0.25) is 18.1 Å². The normalized spacial score (nSPS) is 16.2. The van der Waals surface area contributed by atoms with Gasteiger partial charge in [-0.15, -0.1) is 6.42 Å². The highest BCUT2D eigenvalue weighted by molar-refractivity contribution is 6.74. The molecule has 1 aromatic rings. The summed E-state index contributed by atoms with van der Waals surface area (Å²) in [6.07, 6.45) is 8.43. The van der Waals surface area contributed by atoms with E-state index in [-0.39, 0.29) is 16.7 Å². The van der Waals surface area contributed by atoms with Crippen LogP contribution >= 0.6 is 0 Å². The molecule has 1 aromatic carbocycles. The van der Waals surface area contributed by atoms with Gasteiger partial charge in [0.15, 0.2) is 8.32 Å². The van der Waals surface area contributed by atoms with Crippen molar-refractivity contribution < 1.29 is 9.53 Å². The molecular formula is C20H30O2Si. The average molecular weight is 331 g/mol. The Hall–Kier alpha value is -1.50. The van der Waals surface area contributed by atoms with E-state index in [4.69, 9.17) is 10.8 Å². The van der Waals surface area contributed by atoms with Crippen LogP contribution in [0.15, 0.2) is 36.9 Å². The van der Waals surface area contributed by atoms with Crippen molar-refractivity contribution in [3.8, 4) is 18.1 Å². The van der Waals surface area contributed by atoms with Gasteiger partial charge in [0.05, 0.1) is 0 Å². The number of aromatic hydroxyl groups is 1. The predicted molar refractivity (Wildman–Crippen MR) is 101 cm³/mol. The van der Waals surface area contributed by atoms with Crippen molar-refractivity contribution >= 4 is 8.32 Å². The number of terminal acetylenes is 1. The van der Waals surface area contributed by atoms with Gasteiger partial charge in [0.25, 0.3) is 0 Å². The molecule has 0 heterocycles. The second kappa shape index (κ2) is 6.94. The van der Waals surface area contributed by atoms with Crippen LogP contribution in [0.4, 0.5) is 0 Å². The van der Waals surface area contributed by atoms with Crippen molar-refractivity contribution in [2.75, 3.05) is 0 Å². The molecule has 1 N–H and O–H groups in total. The quantitative estimate of drug-likeness (QED) is 0.444. The molecule has 0 radical (unpaired) electrons. The lowest BCUT2D eigenvalue weighted by Gasteiger charge is -2.44. The Bertz CT molecular complexity index is 575. The highest BCUT2D eigenvalue weighted by atomic mass is 28.4. The lowest BCUT2D eigenvalue weighted by atomic mass is 9.85. The zero-order valence-corrected chi connectivity index (χ0v) is 16.3. The Kier molecular flexibility index (Phi) is 5.90. The lowest BCUT2D eigenvalue weighted by molar-refractivity contribution is 0.104. The average Bonchev–Trinajstić information content (AvgIpc) is 2.46. The maximum absolute atomic E-state index is 9.42. The van der Waals surface area contributed by atoms with Gasteiger partial charge < -0.3 is 9.53 Å². The van der Waals surface area contributed by atoms with Gasteiger partial charge in [0.1, 0.15) is 11.4 Å². The first-order valence-electron chi connectivity index (χ1n) is 8.07. The van der Waals surface area contributed by atoms with E-state index in [9.17, 15) is 5.11 Å². The minimum Gasteiger partial charge on any atom is -0.508 e. The first kappa shape index (κ1) is 19.5. The largest absolute Gasteiger partial charge is 0.508 e. The van der Waals surface area contributed by atoms with E-state index in [0.717, 1.165) is 12.0 Å². The minimum absolute atomic E-state index is 0.0797. The third kappa shape index (κ3) is 4.50. The van der Waals surface area contributed by atoms with Crippen molar-refractivity contribution in [3.05, 3.63) is 42.5 Å². The molecule has 0 fully saturated rings. The Morgan fingerprint density at radius 1 is 1.30 bits per heavy atom. The summed E-state index contributed by atoms with van der Waals surface area (Å²) in [7, 11) is -2.02. The maximum Gasteiger partial charge on any atom is 0.194 e. The number of hydrogen-bond acceptors (Lipinski definition) is 2. The zero-order chi connectivity index (χ0) is 17.9. The Morgan fingerprint density at radius 2 is 1.83 bits per heavy atom. The molecule has 0 saturated heterocycles. The van der Waals surface area contributed by atoms with Gasteiger partial charge in [-0.25, -0.2) is 0 Å². The number of phenolic OH excluding ortho intramolecular Hbond substituents is 1. The van der Waals surface area contributed by atoms with Crippen molar-refractivity contribution in [1.82, 2.24) is 0 Å². The molecule has 23 heavy (non-hydrogen) atoms. The fourth-order valence-corrected chi connectivity index (χ4v) is 3.78. The van der Waals surface area contributed by atoms with E-state index in [1.54, 1.807) is 18.2 Å². The molecule has 0 spiro atoms. The van der Waals surface area contributed by atoms with Crippen molar-refractivity contribution in [2.24, 2.45) is 5.92 Å². The van der Waals surface area contributed by atoms with E-state index in [0.29, 0.717) is 0 Å². The molecule has 0 aliphatic carbocycles. The van der Waals surface area contributed by atoms with Gasteiger partial charge in [0.2, 0.25) is 0 Å². The van der Waals surface area contributed by atoms with E-state index >= 15 is 0 Å². The minimum atomic E-state index is -2.02. The van der Waals surface area contributed by atoms with Crippen molar-refractivity contribution in [1.29, 1.82) is 0 Å². The molecular weight excluding hydrogens is 300 g/mol. The molecule has 0 aliphatic heterocycles. The van der Waals surface area contributed by atoms with Gasteiger partial charge in [0, 0.05) is 5.92 Å². The van der Waals surface area contributed by atoms with Gasteiger partial charge in [-0.3, -0.25) is 0 Å². The Labute approximate surface area is 142 Å². The van der Waals surface area contributed by atoms with Crippen LogP contribution in [-0.2, 0) is 10.8 Å². The van der Waals surface area contributed by atoms with Crippen molar-refractivity contribution in [3.63, 3.8) is 0 Å². The van der Waals surface area contributed by atoms with Gasteiger partial charge in [-0.05, 0) is 48.3 Å². The number of hydrogen-bond donors (Lipinski definition) is 1. The smallest absolute Gasteiger partial charge is 0.194 e. The molecule has 1 rings (SSSR count). The monoisotopic (exact) mass is 330 g/mol. The molecule has 2 nitrogen and oxygen atoms in total. The highest BCUT2D eigenvalue weighted by Crippen LogP contribution is 2.41. The Morgan fingerprint density at radius 3 is 2.22 bits per heavy atom. The summed E-state index contributed by atoms with van der Waals surface area (Å²) in [5.74, 6) is 3.23. The second-order valence-electron chi connectivity index (χ2n) is 7.78. The summed E-state index contributed by atoms with van der Waals surface area (Å²) in [4.78, 5) is 0. The van der Waals surface area contributed by atoms with Gasteiger partial charge in [-0.2, -0.15) is 0 Å². The van der Waals surface area contributed by atoms with Crippen LogP contribution < -0.4 is 0 Å². The number of rotatable bonds is 6. The molecule has 0 aromatic heterocycles. The van der Waals surface area contributed by atoms with Crippen LogP contribution in [0.1, 0.15) is 33.3 Å². The van der Waals surface area contributed by atoms with Crippen LogP contribution in [0.5, 0.6) is 5.75 Å². The van der Waals surface area contributed by atoms with Gasteiger partial charge in [-0.1, -0.05) is 52.3 Å². The molecule has 0 bridgehead atoms. The standard InChI is InChI=1S/C20H30O2Si/c1-9-20(10-2,22-23(7,8)19(4,5)6)16(3)15-17-11-13-18(21)14-12-17/h1,10-14,16,21H,2,15H2,3-8H3. The van der Waals surface area contributed by atoms with E-state index in [2.05, 4.69) is 53.3 Å². The topological polar surface area (TPSA) is 29.5 Å². The van der Waals surface area contributed by atoms with E-state index in [1.807, 2.05) is 12.1 Å². The summed E-state index contributed by atoms with van der Waals surface area (Å²) in [6.45, 7) is 17.1. The number of benzene rings is 1. The second-order valence-corrected chi connectivity index (χ2v) is 12.5. The SMILES string of the molecule is C#CC(C=C)(O[Si](C)(C)C(C)(C)C)C(C)Cc1ccc(O)cc1. The first-order chi connectivity index (χ1) is 10.5. The zero-order valence-electron chi connectivity index (χ0n) is 15.3. The third-order valence-corrected chi connectivity index (χ3v) is 9.43. The molecule has 0 amide bonds. The van der Waals surface area contributed by atoms with Crippen molar-refractivity contribution in [2.45, 2.75) is 57.8 Å².